The number of benzene rings is 2. The molecule has 2 rings (SSSR count). The first-order valence-electron chi connectivity index (χ1n) is 11.8. The third kappa shape index (κ3) is 8.07. The SMILES string of the molecule is COc1ccc(CN(C(=O)CN(c2cc([N+](=O)[O-])ccc2OC)S(C)(=O)=O)[C@H](C)C(=O)NCC(C)C)cc1. The van der Waals surface area contributed by atoms with Gasteiger partial charge in [-0.1, -0.05) is 26.0 Å². The highest BCUT2D eigenvalue weighted by atomic mass is 32.2. The molecule has 0 aliphatic heterocycles. The largest absolute Gasteiger partial charge is 0.497 e. The van der Waals surface area contributed by atoms with E-state index in [1.807, 2.05) is 13.8 Å². The molecule has 1 N–H and O–H groups in total. The predicted octanol–water partition coefficient (Wildman–Crippen LogP) is 2.57. The van der Waals surface area contributed by atoms with Gasteiger partial charge in [0.15, 0.2) is 0 Å². The number of hydrogen-bond acceptors (Lipinski definition) is 8. The van der Waals surface area contributed by atoms with Crippen LogP contribution in [0.25, 0.3) is 0 Å². The quantitative estimate of drug-likeness (QED) is 0.296. The van der Waals surface area contributed by atoms with Gasteiger partial charge in [-0.3, -0.25) is 24.0 Å². The number of carbonyl (C=O) groups is 2. The van der Waals surface area contributed by atoms with Crippen LogP contribution in [-0.4, -0.2) is 69.7 Å². The van der Waals surface area contributed by atoms with Gasteiger partial charge in [0, 0.05) is 25.2 Å². The van der Waals surface area contributed by atoms with Crippen LogP contribution >= 0.6 is 0 Å². The van der Waals surface area contributed by atoms with Gasteiger partial charge >= 0.3 is 0 Å². The molecule has 0 aliphatic rings. The third-order valence-electron chi connectivity index (χ3n) is 5.68. The highest BCUT2D eigenvalue weighted by Crippen LogP contribution is 2.34. The van der Waals surface area contributed by atoms with Crippen LogP contribution in [0.4, 0.5) is 11.4 Å². The number of nitro groups is 1. The Morgan fingerprint density at radius 1 is 1.05 bits per heavy atom. The molecule has 0 saturated heterocycles. The molecule has 2 aromatic rings. The van der Waals surface area contributed by atoms with E-state index >= 15 is 0 Å². The second-order valence-electron chi connectivity index (χ2n) is 9.07. The summed E-state index contributed by atoms with van der Waals surface area (Å²) in [4.78, 5) is 38.5. The van der Waals surface area contributed by atoms with Gasteiger partial charge in [0.1, 0.15) is 29.8 Å². The second-order valence-corrected chi connectivity index (χ2v) is 11.0. The summed E-state index contributed by atoms with van der Waals surface area (Å²) in [5.74, 6) is -0.279. The lowest BCUT2D eigenvalue weighted by Gasteiger charge is -2.32. The van der Waals surface area contributed by atoms with E-state index in [1.54, 1.807) is 31.2 Å². The number of methoxy groups -OCH3 is 2. The summed E-state index contributed by atoms with van der Waals surface area (Å²) in [5.41, 5.74) is 0.138. The Bertz CT molecular complexity index is 1250. The molecule has 0 saturated carbocycles. The van der Waals surface area contributed by atoms with Crippen molar-refractivity contribution in [3.63, 3.8) is 0 Å². The summed E-state index contributed by atoms with van der Waals surface area (Å²) in [6, 6.07) is 9.38. The second kappa shape index (κ2) is 13.1. The lowest BCUT2D eigenvalue weighted by Crippen LogP contribution is -2.51. The molecule has 12 nitrogen and oxygen atoms in total. The standard InChI is InChI=1S/C25H34N4O8S/c1-17(2)14-26-25(31)18(3)27(15-19-7-10-21(36-4)11-8-19)24(30)16-28(38(6,34)35)22-13-20(29(32)33)9-12-23(22)37-5/h7-13,17-18H,14-16H2,1-6H3,(H,26,31)/t18-/m1/s1. The Labute approximate surface area is 222 Å². The smallest absolute Gasteiger partial charge is 0.271 e. The fraction of sp³-hybridized carbons (Fsp3) is 0.440. The maximum Gasteiger partial charge on any atom is 0.271 e. The zero-order valence-corrected chi connectivity index (χ0v) is 23.1. The van der Waals surface area contributed by atoms with Crippen LogP contribution in [0.15, 0.2) is 42.5 Å². The normalized spacial score (nSPS) is 12.0. The maximum absolute atomic E-state index is 13.6. The molecule has 0 heterocycles. The lowest BCUT2D eigenvalue weighted by molar-refractivity contribution is -0.384. The predicted molar refractivity (Wildman–Crippen MR) is 143 cm³/mol. The van der Waals surface area contributed by atoms with Crippen LogP contribution in [0.1, 0.15) is 26.3 Å². The molecule has 2 amide bonds. The molecule has 0 fully saturated rings. The Morgan fingerprint density at radius 3 is 2.18 bits per heavy atom. The lowest BCUT2D eigenvalue weighted by atomic mass is 10.1. The molecular weight excluding hydrogens is 516 g/mol. The van der Waals surface area contributed by atoms with Crippen LogP contribution in [0.5, 0.6) is 11.5 Å². The molecule has 0 bridgehead atoms. The van der Waals surface area contributed by atoms with Crippen molar-refractivity contribution in [2.45, 2.75) is 33.4 Å². The zero-order chi connectivity index (χ0) is 28.6. The van der Waals surface area contributed by atoms with E-state index in [-0.39, 0.29) is 29.6 Å². The monoisotopic (exact) mass is 550 g/mol. The minimum Gasteiger partial charge on any atom is -0.497 e. The topological polar surface area (TPSA) is 148 Å². The van der Waals surface area contributed by atoms with Gasteiger partial charge < -0.3 is 19.7 Å². The fourth-order valence-electron chi connectivity index (χ4n) is 3.54. The Balaban J connectivity index is 2.49. The molecule has 0 radical (unpaired) electrons. The number of non-ortho nitro benzene ring substituents is 1. The van der Waals surface area contributed by atoms with Crippen LogP contribution in [0.3, 0.4) is 0 Å². The highest BCUT2D eigenvalue weighted by molar-refractivity contribution is 7.92. The summed E-state index contributed by atoms with van der Waals surface area (Å²) < 4.78 is 36.7. The van der Waals surface area contributed by atoms with Crippen molar-refractivity contribution in [1.29, 1.82) is 0 Å². The molecule has 2 aromatic carbocycles. The van der Waals surface area contributed by atoms with E-state index in [1.165, 1.54) is 31.3 Å². The molecule has 0 spiro atoms. The van der Waals surface area contributed by atoms with Crippen LogP contribution in [0, 0.1) is 16.0 Å². The van der Waals surface area contributed by atoms with Crippen molar-refractivity contribution in [2.24, 2.45) is 5.92 Å². The number of rotatable bonds is 13. The summed E-state index contributed by atoms with van der Waals surface area (Å²) in [6.07, 6.45) is 0.880. The first-order valence-corrected chi connectivity index (χ1v) is 13.6. The van der Waals surface area contributed by atoms with Crippen molar-refractivity contribution in [1.82, 2.24) is 10.2 Å². The Hall–Kier alpha value is -3.87. The minimum atomic E-state index is -4.10. The van der Waals surface area contributed by atoms with Gasteiger partial charge in [-0.15, -0.1) is 0 Å². The minimum absolute atomic E-state index is 0.00275. The van der Waals surface area contributed by atoms with Gasteiger partial charge in [-0.25, -0.2) is 8.42 Å². The van der Waals surface area contributed by atoms with E-state index in [0.717, 1.165) is 16.6 Å². The molecule has 208 valence electrons. The van der Waals surface area contributed by atoms with Crippen molar-refractivity contribution >= 4 is 33.2 Å². The number of amides is 2. The summed E-state index contributed by atoms with van der Waals surface area (Å²) in [7, 11) is -1.30. The number of ether oxygens (including phenoxy) is 2. The first kappa shape index (κ1) is 30.4. The van der Waals surface area contributed by atoms with E-state index < -0.39 is 39.3 Å². The molecule has 38 heavy (non-hydrogen) atoms. The molecular formula is C25H34N4O8S. The summed E-state index contributed by atoms with van der Waals surface area (Å²) in [5, 5.41) is 14.1. The number of hydrogen-bond donors (Lipinski definition) is 1. The Kier molecular flexibility index (Phi) is 10.5. The number of nitro benzene ring substituents is 1. The van der Waals surface area contributed by atoms with E-state index in [9.17, 15) is 28.1 Å². The first-order chi connectivity index (χ1) is 17.8. The van der Waals surface area contributed by atoms with Gasteiger partial charge in [-0.2, -0.15) is 0 Å². The number of nitrogens with one attached hydrogen (secondary N) is 1. The van der Waals surface area contributed by atoms with Crippen LogP contribution < -0.4 is 19.1 Å². The van der Waals surface area contributed by atoms with Crippen molar-refractivity contribution < 1.29 is 32.4 Å². The number of anilines is 1. The molecule has 0 unspecified atom stereocenters. The molecule has 0 aliphatic carbocycles. The zero-order valence-electron chi connectivity index (χ0n) is 22.3. The van der Waals surface area contributed by atoms with Crippen LogP contribution in [0.2, 0.25) is 0 Å². The van der Waals surface area contributed by atoms with Crippen molar-refractivity contribution in [3.05, 3.63) is 58.1 Å². The number of sulfonamides is 1. The van der Waals surface area contributed by atoms with Crippen molar-refractivity contribution in [3.8, 4) is 11.5 Å². The van der Waals surface area contributed by atoms with Gasteiger partial charge in [-0.05, 0) is 36.6 Å². The average molecular weight is 551 g/mol. The highest BCUT2D eigenvalue weighted by Gasteiger charge is 2.32. The van der Waals surface area contributed by atoms with E-state index in [0.29, 0.717) is 17.9 Å². The summed E-state index contributed by atoms with van der Waals surface area (Å²) >= 11 is 0. The summed E-state index contributed by atoms with van der Waals surface area (Å²) in [6.45, 7) is 5.10. The number of nitrogens with zero attached hydrogens (tertiary/aromatic N) is 3. The molecule has 13 heteroatoms. The average Bonchev–Trinajstić information content (AvgIpc) is 2.87. The van der Waals surface area contributed by atoms with E-state index in [4.69, 9.17) is 9.47 Å². The van der Waals surface area contributed by atoms with Gasteiger partial charge in [0.25, 0.3) is 5.69 Å². The van der Waals surface area contributed by atoms with Gasteiger partial charge in [0.05, 0.1) is 25.4 Å². The number of carbonyl (C=O) groups excluding carboxylic acids is 2. The molecule has 0 aromatic heterocycles. The fourth-order valence-corrected chi connectivity index (χ4v) is 4.39. The van der Waals surface area contributed by atoms with E-state index in [2.05, 4.69) is 5.32 Å². The van der Waals surface area contributed by atoms with Crippen molar-refractivity contribution in [2.75, 3.05) is 37.9 Å². The van der Waals surface area contributed by atoms with Crippen LogP contribution in [-0.2, 0) is 26.2 Å². The molecule has 1 atom stereocenters. The van der Waals surface area contributed by atoms with Gasteiger partial charge in [0.2, 0.25) is 21.8 Å². The third-order valence-corrected chi connectivity index (χ3v) is 6.81. The maximum atomic E-state index is 13.6. The Morgan fingerprint density at radius 2 is 1.68 bits per heavy atom.